The lowest BCUT2D eigenvalue weighted by Crippen LogP contribution is -2.11. The maximum atomic E-state index is 11.6. The summed E-state index contributed by atoms with van der Waals surface area (Å²) in [5, 5.41) is 0. The van der Waals surface area contributed by atoms with Crippen LogP contribution in [0.4, 0.5) is 16.8 Å². The van der Waals surface area contributed by atoms with Gasteiger partial charge in [0.1, 0.15) is 0 Å². The second-order valence-electron chi connectivity index (χ2n) is 2.04. The second-order valence-corrected chi connectivity index (χ2v) is 4.17. The van der Waals surface area contributed by atoms with Crippen molar-refractivity contribution in [3.63, 3.8) is 0 Å². The van der Waals surface area contributed by atoms with Gasteiger partial charge in [0.15, 0.2) is 0 Å². The zero-order chi connectivity index (χ0) is 10.7. The molecule has 10 heteroatoms. The van der Waals surface area contributed by atoms with E-state index < -0.39 is 28.7 Å². The lowest BCUT2D eigenvalue weighted by atomic mass is 10.5. The zero-order valence-corrected chi connectivity index (χ0v) is 8.11. The summed E-state index contributed by atoms with van der Waals surface area (Å²) < 4.78 is 72.5. The highest BCUT2D eigenvalue weighted by atomic mass is 31.2. The number of hydrogen-bond acceptors (Lipinski definition) is 4. The summed E-state index contributed by atoms with van der Waals surface area (Å²) >= 11 is 0. The smallest absolute Gasteiger partial charge is 0.278 e. The van der Waals surface area contributed by atoms with Crippen molar-refractivity contribution in [1.29, 1.82) is 0 Å². The maximum absolute atomic E-state index is 11.6. The molecule has 1 unspecified atom stereocenters. The van der Waals surface area contributed by atoms with Crippen LogP contribution in [0.3, 0.4) is 0 Å². The van der Waals surface area contributed by atoms with Gasteiger partial charge in [-0.25, -0.2) is 9.13 Å². The minimum absolute atomic E-state index is 0.932. The Kier molecular flexibility index (Phi) is 4.59. The minimum atomic E-state index is -5.72. The third kappa shape index (κ3) is 10.0. The highest BCUT2D eigenvalue weighted by molar-refractivity contribution is 7.47. The molecule has 0 aromatic heterocycles. The normalized spacial score (nSPS) is 15.8. The van der Waals surface area contributed by atoms with Crippen LogP contribution in [-0.4, -0.2) is 12.7 Å². The molecular weight excluding hydrogens is 238 g/mol. The molecule has 4 nitrogen and oxygen atoms in total. The Hall–Kier alpha value is 0.100. The van der Waals surface area contributed by atoms with E-state index in [2.05, 4.69) is 9.05 Å². The van der Waals surface area contributed by atoms with Crippen LogP contribution in [0.2, 0.25) is 0 Å². The average molecular weight is 244 g/mol. The van der Waals surface area contributed by atoms with Gasteiger partial charge in [0.05, 0.1) is 12.7 Å². The van der Waals surface area contributed by atoms with E-state index >= 15 is 0 Å². The van der Waals surface area contributed by atoms with E-state index in [0.717, 1.165) is 6.92 Å². The molecule has 0 aliphatic rings. The van der Waals surface area contributed by atoms with Crippen molar-refractivity contribution < 1.29 is 35.0 Å². The SMILES string of the molecule is CC(COP(=O)(F)F)OP(=O)(F)F. The highest BCUT2D eigenvalue weighted by Crippen LogP contribution is 2.53. The van der Waals surface area contributed by atoms with Crippen molar-refractivity contribution in [2.45, 2.75) is 13.0 Å². The van der Waals surface area contributed by atoms with Gasteiger partial charge in [-0.2, -0.15) is 0 Å². The summed E-state index contributed by atoms with van der Waals surface area (Å²) in [5.74, 6) is 0. The Morgan fingerprint density at radius 1 is 1.15 bits per heavy atom. The van der Waals surface area contributed by atoms with Gasteiger partial charge in [-0.05, 0) is 6.92 Å². The van der Waals surface area contributed by atoms with Crippen molar-refractivity contribution >= 4 is 16.0 Å². The molecule has 0 saturated carbocycles. The quantitative estimate of drug-likeness (QED) is 0.548. The van der Waals surface area contributed by atoms with E-state index in [4.69, 9.17) is 0 Å². The Morgan fingerprint density at radius 3 is 1.92 bits per heavy atom. The minimum Gasteiger partial charge on any atom is -0.278 e. The van der Waals surface area contributed by atoms with Gasteiger partial charge < -0.3 is 0 Å². The molecule has 0 heterocycles. The van der Waals surface area contributed by atoms with Crippen LogP contribution in [0.5, 0.6) is 0 Å². The molecule has 0 rings (SSSR count). The van der Waals surface area contributed by atoms with Gasteiger partial charge in [0.2, 0.25) is 0 Å². The first-order chi connectivity index (χ1) is 5.60. The van der Waals surface area contributed by atoms with Crippen LogP contribution in [0, 0.1) is 0 Å². The molecule has 0 amide bonds. The van der Waals surface area contributed by atoms with Gasteiger partial charge >= 0.3 is 16.0 Å². The summed E-state index contributed by atoms with van der Waals surface area (Å²) in [6.45, 7) is -0.0798. The average Bonchev–Trinajstić information content (AvgIpc) is 1.78. The number of hydrogen-bond donors (Lipinski definition) is 0. The number of halogens is 4. The molecule has 0 radical (unpaired) electrons. The van der Waals surface area contributed by atoms with Gasteiger partial charge in [-0.15, -0.1) is 16.8 Å². The predicted molar refractivity (Wildman–Crippen MR) is 36.1 cm³/mol. The summed E-state index contributed by atoms with van der Waals surface area (Å²) in [6, 6.07) is 0. The Labute approximate surface area is 71.6 Å². The van der Waals surface area contributed by atoms with Crippen molar-refractivity contribution in [2.75, 3.05) is 6.61 Å². The lowest BCUT2D eigenvalue weighted by Gasteiger charge is -2.10. The summed E-state index contributed by atoms with van der Waals surface area (Å²) in [5.41, 5.74) is 0. The van der Waals surface area contributed by atoms with E-state index in [-0.39, 0.29) is 0 Å². The van der Waals surface area contributed by atoms with E-state index in [1.54, 1.807) is 0 Å². The molecule has 1 atom stereocenters. The van der Waals surface area contributed by atoms with Gasteiger partial charge in [-0.1, -0.05) is 0 Å². The van der Waals surface area contributed by atoms with Crippen molar-refractivity contribution in [2.24, 2.45) is 0 Å². The summed E-state index contributed by atoms with van der Waals surface area (Å²) in [6.07, 6.45) is -1.51. The fourth-order valence-corrected chi connectivity index (χ4v) is 1.29. The van der Waals surface area contributed by atoms with Crippen LogP contribution < -0.4 is 0 Å². The van der Waals surface area contributed by atoms with E-state index in [9.17, 15) is 25.9 Å². The van der Waals surface area contributed by atoms with Crippen LogP contribution in [0.15, 0.2) is 0 Å². The monoisotopic (exact) mass is 244 g/mol. The first kappa shape index (κ1) is 13.1. The molecule has 0 N–H and O–H groups in total. The van der Waals surface area contributed by atoms with E-state index in [0.29, 0.717) is 0 Å². The molecule has 80 valence electrons. The fraction of sp³-hybridized carbons (Fsp3) is 1.00. The molecule has 0 aliphatic heterocycles. The topological polar surface area (TPSA) is 52.6 Å². The largest absolute Gasteiger partial charge is 0.552 e. The molecule has 0 aromatic rings. The van der Waals surface area contributed by atoms with E-state index in [1.165, 1.54) is 0 Å². The van der Waals surface area contributed by atoms with Crippen LogP contribution in [0.1, 0.15) is 6.92 Å². The Morgan fingerprint density at radius 2 is 1.62 bits per heavy atom. The van der Waals surface area contributed by atoms with Crippen molar-refractivity contribution in [1.82, 2.24) is 0 Å². The highest BCUT2D eigenvalue weighted by Gasteiger charge is 2.27. The summed E-state index contributed by atoms with van der Waals surface area (Å²) in [4.78, 5) is 0. The zero-order valence-electron chi connectivity index (χ0n) is 6.32. The van der Waals surface area contributed by atoms with E-state index in [1.807, 2.05) is 0 Å². The summed E-state index contributed by atoms with van der Waals surface area (Å²) in [7, 11) is -11.4. The second kappa shape index (κ2) is 4.55. The molecule has 13 heavy (non-hydrogen) atoms. The lowest BCUT2D eigenvalue weighted by molar-refractivity contribution is 0.114. The van der Waals surface area contributed by atoms with Gasteiger partial charge in [-0.3, -0.25) is 9.05 Å². The first-order valence-electron chi connectivity index (χ1n) is 2.92. The van der Waals surface area contributed by atoms with Crippen molar-refractivity contribution in [3.8, 4) is 0 Å². The molecule has 0 fully saturated rings. The van der Waals surface area contributed by atoms with Crippen LogP contribution in [-0.2, 0) is 18.2 Å². The van der Waals surface area contributed by atoms with Gasteiger partial charge in [0.25, 0.3) is 0 Å². The molecule has 0 saturated heterocycles. The molecular formula is C3H6F4O4P2. The number of rotatable bonds is 5. The first-order valence-corrected chi connectivity index (χ1v) is 5.73. The van der Waals surface area contributed by atoms with Gasteiger partial charge in [0, 0.05) is 0 Å². The standard InChI is InChI=1S/C3H6F4O4P2/c1-3(11-13(6,7)9)2-10-12(4,5)8/h3H,2H2,1H3. The molecule has 0 aromatic carbocycles. The van der Waals surface area contributed by atoms with Crippen LogP contribution >= 0.6 is 16.0 Å². The van der Waals surface area contributed by atoms with Crippen LogP contribution in [0.25, 0.3) is 0 Å². The Balaban J connectivity index is 3.84. The molecule has 0 bridgehead atoms. The predicted octanol–water partition coefficient (Wildman–Crippen LogP) is 3.50. The third-order valence-corrected chi connectivity index (χ3v) is 1.82. The maximum Gasteiger partial charge on any atom is 0.552 e. The molecule has 0 aliphatic carbocycles. The molecule has 0 spiro atoms. The van der Waals surface area contributed by atoms with Crippen molar-refractivity contribution in [3.05, 3.63) is 0 Å². The Bertz CT molecular complexity index is 246. The third-order valence-electron chi connectivity index (χ3n) is 0.762. The fourth-order valence-electron chi connectivity index (χ4n) is 0.432.